The Morgan fingerprint density at radius 1 is 1.58 bits per heavy atom. The minimum atomic E-state index is -0.427. The molecule has 19 heavy (non-hydrogen) atoms. The summed E-state index contributed by atoms with van der Waals surface area (Å²) in [5, 5.41) is 14.3. The molecule has 0 saturated carbocycles. The van der Waals surface area contributed by atoms with Crippen LogP contribution in [0.5, 0.6) is 5.75 Å². The number of nitrogens with one attached hydrogen (secondary N) is 1. The second-order valence-corrected chi connectivity index (χ2v) is 4.62. The number of hydrogen-bond acceptors (Lipinski definition) is 5. The standard InChI is InChI=1S/C13H18N2O4/c1-9-11(5-6-19-9)14-8-10-3-4-13(18-2)12(7-10)15(16)17/h3-4,7,9,11,14H,5-6,8H2,1-2H3. The summed E-state index contributed by atoms with van der Waals surface area (Å²) in [5.74, 6) is 0.284. The van der Waals surface area contributed by atoms with Crippen LogP contribution in [0.25, 0.3) is 0 Å². The Labute approximate surface area is 111 Å². The molecule has 2 rings (SSSR count). The largest absolute Gasteiger partial charge is 0.490 e. The number of methoxy groups -OCH3 is 1. The Morgan fingerprint density at radius 3 is 2.95 bits per heavy atom. The highest BCUT2D eigenvalue weighted by Crippen LogP contribution is 2.27. The third kappa shape index (κ3) is 3.21. The minimum Gasteiger partial charge on any atom is -0.490 e. The molecule has 2 atom stereocenters. The molecule has 1 fully saturated rings. The summed E-state index contributed by atoms with van der Waals surface area (Å²) in [6.45, 7) is 3.38. The zero-order valence-corrected chi connectivity index (χ0v) is 11.1. The maximum Gasteiger partial charge on any atom is 0.311 e. The molecular formula is C13H18N2O4. The summed E-state index contributed by atoms with van der Waals surface area (Å²) in [4.78, 5) is 10.5. The summed E-state index contributed by atoms with van der Waals surface area (Å²) in [5.41, 5.74) is 0.865. The van der Waals surface area contributed by atoms with Crippen molar-refractivity contribution in [3.8, 4) is 5.75 Å². The number of nitro benzene ring substituents is 1. The molecule has 1 aromatic carbocycles. The van der Waals surface area contributed by atoms with E-state index in [2.05, 4.69) is 5.32 Å². The van der Waals surface area contributed by atoms with Gasteiger partial charge >= 0.3 is 5.69 Å². The molecule has 1 aliphatic heterocycles. The second kappa shape index (κ2) is 5.99. The SMILES string of the molecule is COc1ccc(CNC2CCOC2C)cc1[N+](=O)[O-]. The number of nitro groups is 1. The van der Waals surface area contributed by atoms with E-state index in [0.717, 1.165) is 18.6 Å². The first kappa shape index (κ1) is 13.8. The van der Waals surface area contributed by atoms with Crippen LogP contribution in [0.2, 0.25) is 0 Å². The highest BCUT2D eigenvalue weighted by molar-refractivity contribution is 5.48. The molecule has 104 valence electrons. The average molecular weight is 266 g/mol. The van der Waals surface area contributed by atoms with Crippen molar-refractivity contribution < 1.29 is 14.4 Å². The second-order valence-electron chi connectivity index (χ2n) is 4.62. The van der Waals surface area contributed by atoms with Crippen LogP contribution < -0.4 is 10.1 Å². The van der Waals surface area contributed by atoms with Gasteiger partial charge in [-0.2, -0.15) is 0 Å². The third-order valence-corrected chi connectivity index (χ3v) is 3.38. The van der Waals surface area contributed by atoms with Crippen LogP contribution in [0.4, 0.5) is 5.69 Å². The molecular weight excluding hydrogens is 248 g/mol. The molecule has 6 heteroatoms. The van der Waals surface area contributed by atoms with Gasteiger partial charge in [-0.15, -0.1) is 0 Å². The van der Waals surface area contributed by atoms with Gasteiger partial charge in [0.15, 0.2) is 5.75 Å². The molecule has 0 aliphatic carbocycles. The molecule has 1 aromatic rings. The normalized spacial score (nSPS) is 22.4. The summed E-state index contributed by atoms with van der Waals surface area (Å²) < 4.78 is 10.4. The Bertz CT molecular complexity index is 464. The van der Waals surface area contributed by atoms with Crippen LogP contribution >= 0.6 is 0 Å². The van der Waals surface area contributed by atoms with Crippen LogP contribution in [-0.4, -0.2) is 30.8 Å². The fourth-order valence-corrected chi connectivity index (χ4v) is 2.24. The molecule has 0 spiro atoms. The highest BCUT2D eigenvalue weighted by atomic mass is 16.6. The van der Waals surface area contributed by atoms with Crippen molar-refractivity contribution in [2.75, 3.05) is 13.7 Å². The number of rotatable bonds is 5. The molecule has 0 radical (unpaired) electrons. The zero-order chi connectivity index (χ0) is 13.8. The Kier molecular flexibility index (Phi) is 4.34. The monoisotopic (exact) mass is 266 g/mol. The van der Waals surface area contributed by atoms with Crippen LogP contribution in [0, 0.1) is 10.1 Å². The van der Waals surface area contributed by atoms with Crippen molar-refractivity contribution in [3.63, 3.8) is 0 Å². The fourth-order valence-electron chi connectivity index (χ4n) is 2.24. The van der Waals surface area contributed by atoms with Crippen LogP contribution in [0.1, 0.15) is 18.9 Å². The lowest BCUT2D eigenvalue weighted by atomic mass is 10.1. The van der Waals surface area contributed by atoms with E-state index in [4.69, 9.17) is 9.47 Å². The summed E-state index contributed by atoms with van der Waals surface area (Å²) in [6, 6.07) is 5.32. The van der Waals surface area contributed by atoms with E-state index in [1.807, 2.05) is 13.0 Å². The minimum absolute atomic E-state index is 0.00230. The Morgan fingerprint density at radius 2 is 2.37 bits per heavy atom. The quantitative estimate of drug-likeness (QED) is 0.650. The van der Waals surface area contributed by atoms with Gasteiger partial charge < -0.3 is 14.8 Å². The average Bonchev–Trinajstić information content (AvgIpc) is 2.81. The molecule has 0 bridgehead atoms. The van der Waals surface area contributed by atoms with Crippen LogP contribution in [-0.2, 0) is 11.3 Å². The lowest BCUT2D eigenvalue weighted by Gasteiger charge is -2.16. The number of nitrogens with zero attached hydrogens (tertiary/aromatic N) is 1. The molecule has 1 saturated heterocycles. The number of ether oxygens (including phenoxy) is 2. The smallest absolute Gasteiger partial charge is 0.311 e. The number of hydrogen-bond donors (Lipinski definition) is 1. The van der Waals surface area contributed by atoms with Crippen molar-refractivity contribution in [3.05, 3.63) is 33.9 Å². The summed E-state index contributed by atoms with van der Waals surface area (Å²) in [6.07, 6.45) is 1.16. The molecule has 0 aromatic heterocycles. The van der Waals surface area contributed by atoms with E-state index < -0.39 is 4.92 Å². The summed E-state index contributed by atoms with van der Waals surface area (Å²) >= 11 is 0. The van der Waals surface area contributed by atoms with Crippen molar-refractivity contribution in [2.24, 2.45) is 0 Å². The van der Waals surface area contributed by atoms with Crippen LogP contribution in [0.3, 0.4) is 0 Å². The number of benzene rings is 1. The maximum absolute atomic E-state index is 10.9. The van der Waals surface area contributed by atoms with Crippen molar-refractivity contribution in [2.45, 2.75) is 32.0 Å². The predicted octanol–water partition coefficient (Wildman–Crippen LogP) is 1.87. The highest BCUT2D eigenvalue weighted by Gasteiger charge is 2.23. The Balaban J connectivity index is 2.04. The van der Waals surface area contributed by atoms with Gasteiger partial charge in [0, 0.05) is 25.3 Å². The van der Waals surface area contributed by atoms with Crippen molar-refractivity contribution >= 4 is 5.69 Å². The molecule has 1 N–H and O–H groups in total. The van der Waals surface area contributed by atoms with Gasteiger partial charge in [0.05, 0.1) is 18.1 Å². The first-order chi connectivity index (χ1) is 9.11. The first-order valence-corrected chi connectivity index (χ1v) is 6.28. The van der Waals surface area contributed by atoms with Gasteiger partial charge in [0.1, 0.15) is 0 Å². The van der Waals surface area contributed by atoms with E-state index in [1.54, 1.807) is 12.1 Å². The van der Waals surface area contributed by atoms with Crippen molar-refractivity contribution in [1.82, 2.24) is 5.32 Å². The molecule has 6 nitrogen and oxygen atoms in total. The Hall–Kier alpha value is -1.66. The molecule has 1 aliphatic rings. The third-order valence-electron chi connectivity index (χ3n) is 3.38. The van der Waals surface area contributed by atoms with E-state index >= 15 is 0 Å². The lowest BCUT2D eigenvalue weighted by Crippen LogP contribution is -2.34. The summed E-state index contributed by atoms with van der Waals surface area (Å²) in [7, 11) is 1.43. The molecule has 2 unspecified atom stereocenters. The fraction of sp³-hybridized carbons (Fsp3) is 0.538. The van der Waals surface area contributed by atoms with Gasteiger partial charge in [-0.25, -0.2) is 0 Å². The van der Waals surface area contributed by atoms with Gasteiger partial charge in [0.25, 0.3) is 0 Å². The van der Waals surface area contributed by atoms with Gasteiger partial charge in [-0.05, 0) is 25.0 Å². The van der Waals surface area contributed by atoms with E-state index in [-0.39, 0.29) is 17.5 Å². The van der Waals surface area contributed by atoms with Gasteiger partial charge in [0.2, 0.25) is 0 Å². The van der Waals surface area contributed by atoms with E-state index in [9.17, 15) is 10.1 Å². The maximum atomic E-state index is 10.9. The van der Waals surface area contributed by atoms with E-state index in [1.165, 1.54) is 7.11 Å². The predicted molar refractivity (Wildman–Crippen MR) is 70.3 cm³/mol. The zero-order valence-electron chi connectivity index (χ0n) is 11.1. The van der Waals surface area contributed by atoms with E-state index in [0.29, 0.717) is 12.6 Å². The van der Waals surface area contributed by atoms with Gasteiger partial charge in [-0.1, -0.05) is 6.07 Å². The van der Waals surface area contributed by atoms with Crippen LogP contribution in [0.15, 0.2) is 18.2 Å². The molecule has 0 amide bonds. The van der Waals surface area contributed by atoms with Crippen molar-refractivity contribution in [1.29, 1.82) is 0 Å². The molecule has 1 heterocycles. The first-order valence-electron chi connectivity index (χ1n) is 6.28. The topological polar surface area (TPSA) is 73.6 Å². The van der Waals surface area contributed by atoms with Gasteiger partial charge in [-0.3, -0.25) is 10.1 Å². The lowest BCUT2D eigenvalue weighted by molar-refractivity contribution is -0.385.